The Balaban J connectivity index is 1.43. The van der Waals surface area contributed by atoms with Gasteiger partial charge in [0, 0.05) is 5.69 Å². The van der Waals surface area contributed by atoms with E-state index in [2.05, 4.69) is 31.1 Å². The van der Waals surface area contributed by atoms with Crippen LogP contribution in [0.4, 0.5) is 5.69 Å². The van der Waals surface area contributed by atoms with Crippen molar-refractivity contribution >= 4 is 50.9 Å². The summed E-state index contributed by atoms with van der Waals surface area (Å²) in [5.74, 6) is -0.683. The third-order valence-electron chi connectivity index (χ3n) is 3.99. The highest BCUT2D eigenvalue weighted by Crippen LogP contribution is 2.29. The van der Waals surface area contributed by atoms with Crippen LogP contribution in [0.1, 0.15) is 26.3 Å². The molecular formula is C21H22N2O3S2. The molecule has 2 aromatic carbocycles. The second-order valence-electron chi connectivity index (χ2n) is 7.27. The Morgan fingerprint density at radius 1 is 1.11 bits per heavy atom. The molecule has 0 aliphatic carbocycles. The van der Waals surface area contributed by atoms with Crippen molar-refractivity contribution in [1.29, 1.82) is 0 Å². The number of carbonyl (C=O) groups is 2. The first-order valence-electron chi connectivity index (χ1n) is 8.86. The molecule has 5 nitrogen and oxygen atoms in total. The van der Waals surface area contributed by atoms with Crippen LogP contribution < -0.4 is 5.32 Å². The molecule has 0 saturated heterocycles. The number of para-hydroxylation sites is 1. The fourth-order valence-corrected chi connectivity index (χ4v) is 4.34. The molecule has 0 spiro atoms. The molecule has 0 aliphatic heterocycles. The lowest BCUT2D eigenvalue weighted by atomic mass is 9.87. The maximum Gasteiger partial charge on any atom is 0.316 e. The standard InChI is InChI=1S/C21H22N2O3S2/c1-21(2,3)14-8-10-15(11-9-14)22-18(24)12-26-19(25)13-27-20-23-16-6-4-5-7-17(16)28-20/h4-11H,12-13H2,1-3H3,(H,22,24). The number of hydrogen-bond acceptors (Lipinski definition) is 6. The van der Waals surface area contributed by atoms with Gasteiger partial charge in [-0.15, -0.1) is 11.3 Å². The lowest BCUT2D eigenvalue weighted by Crippen LogP contribution is -2.21. The quantitative estimate of drug-likeness (QED) is 0.460. The van der Waals surface area contributed by atoms with E-state index in [1.54, 1.807) is 0 Å². The second kappa shape index (κ2) is 8.75. The molecule has 7 heteroatoms. The van der Waals surface area contributed by atoms with Gasteiger partial charge in [-0.1, -0.05) is 56.8 Å². The van der Waals surface area contributed by atoms with E-state index in [0.717, 1.165) is 14.6 Å². The molecule has 0 saturated carbocycles. The van der Waals surface area contributed by atoms with E-state index in [-0.39, 0.29) is 23.7 Å². The summed E-state index contributed by atoms with van der Waals surface area (Å²) in [5.41, 5.74) is 2.83. The summed E-state index contributed by atoms with van der Waals surface area (Å²) >= 11 is 2.85. The molecule has 1 heterocycles. The first-order valence-corrected chi connectivity index (χ1v) is 10.7. The molecule has 1 amide bonds. The number of nitrogens with zero attached hydrogens (tertiary/aromatic N) is 1. The fourth-order valence-electron chi connectivity index (χ4n) is 2.47. The fraction of sp³-hybridized carbons (Fsp3) is 0.286. The Kier molecular flexibility index (Phi) is 6.36. The molecule has 1 N–H and O–H groups in total. The number of ether oxygens (including phenoxy) is 1. The van der Waals surface area contributed by atoms with Crippen LogP contribution in [0.25, 0.3) is 10.2 Å². The minimum absolute atomic E-state index is 0.0546. The number of thiazole rings is 1. The van der Waals surface area contributed by atoms with Crippen LogP contribution in [-0.4, -0.2) is 29.2 Å². The number of aromatic nitrogens is 1. The number of hydrogen-bond donors (Lipinski definition) is 1. The number of benzene rings is 2. The van der Waals surface area contributed by atoms with E-state index >= 15 is 0 Å². The van der Waals surface area contributed by atoms with Crippen molar-refractivity contribution in [2.24, 2.45) is 0 Å². The highest BCUT2D eigenvalue weighted by atomic mass is 32.2. The van der Waals surface area contributed by atoms with Crippen molar-refractivity contribution in [1.82, 2.24) is 4.98 Å². The molecule has 28 heavy (non-hydrogen) atoms. The van der Waals surface area contributed by atoms with Crippen molar-refractivity contribution in [3.8, 4) is 0 Å². The first kappa shape index (κ1) is 20.4. The lowest BCUT2D eigenvalue weighted by Gasteiger charge is -2.19. The molecule has 0 aliphatic rings. The van der Waals surface area contributed by atoms with E-state index in [4.69, 9.17) is 4.74 Å². The van der Waals surface area contributed by atoms with Gasteiger partial charge < -0.3 is 10.1 Å². The van der Waals surface area contributed by atoms with Crippen LogP contribution in [0.5, 0.6) is 0 Å². The van der Waals surface area contributed by atoms with Gasteiger partial charge in [-0.05, 0) is 35.2 Å². The van der Waals surface area contributed by atoms with Crippen molar-refractivity contribution in [2.75, 3.05) is 17.7 Å². The van der Waals surface area contributed by atoms with E-state index in [1.807, 2.05) is 48.5 Å². The minimum atomic E-state index is -0.442. The summed E-state index contributed by atoms with van der Waals surface area (Å²) in [6.07, 6.45) is 0. The predicted octanol–water partition coefficient (Wildman–Crippen LogP) is 4.87. The second-order valence-corrected chi connectivity index (χ2v) is 9.53. The zero-order chi connectivity index (χ0) is 20.1. The number of anilines is 1. The molecule has 3 rings (SSSR count). The Bertz CT molecular complexity index is 942. The van der Waals surface area contributed by atoms with Gasteiger partial charge in [0.05, 0.1) is 16.0 Å². The highest BCUT2D eigenvalue weighted by Gasteiger charge is 2.14. The smallest absolute Gasteiger partial charge is 0.316 e. The van der Waals surface area contributed by atoms with Gasteiger partial charge in [-0.25, -0.2) is 4.98 Å². The molecule has 146 valence electrons. The maximum atomic E-state index is 12.0. The average molecular weight is 415 g/mol. The molecular weight excluding hydrogens is 392 g/mol. The van der Waals surface area contributed by atoms with Gasteiger partial charge >= 0.3 is 5.97 Å². The zero-order valence-electron chi connectivity index (χ0n) is 16.0. The number of rotatable bonds is 6. The number of nitrogens with one attached hydrogen (secondary N) is 1. The van der Waals surface area contributed by atoms with Crippen LogP contribution >= 0.6 is 23.1 Å². The van der Waals surface area contributed by atoms with E-state index < -0.39 is 5.97 Å². The van der Waals surface area contributed by atoms with E-state index in [0.29, 0.717) is 5.69 Å². The predicted molar refractivity (Wildman–Crippen MR) is 115 cm³/mol. The van der Waals surface area contributed by atoms with Gasteiger partial charge in [-0.2, -0.15) is 0 Å². The number of fused-ring (bicyclic) bond motifs is 1. The Labute approximate surface area is 172 Å². The van der Waals surface area contributed by atoms with Crippen LogP contribution in [0.3, 0.4) is 0 Å². The molecule has 3 aromatic rings. The zero-order valence-corrected chi connectivity index (χ0v) is 17.7. The third-order valence-corrected chi connectivity index (χ3v) is 6.14. The van der Waals surface area contributed by atoms with Crippen LogP contribution in [-0.2, 0) is 19.7 Å². The van der Waals surface area contributed by atoms with Crippen LogP contribution in [0, 0.1) is 0 Å². The lowest BCUT2D eigenvalue weighted by molar-refractivity contribution is -0.144. The van der Waals surface area contributed by atoms with E-state index in [1.165, 1.54) is 28.7 Å². The van der Waals surface area contributed by atoms with Crippen LogP contribution in [0.2, 0.25) is 0 Å². The summed E-state index contributed by atoms with van der Waals surface area (Å²) in [7, 11) is 0. The monoisotopic (exact) mass is 414 g/mol. The molecule has 1 aromatic heterocycles. The summed E-state index contributed by atoms with van der Waals surface area (Å²) in [6, 6.07) is 15.5. The summed E-state index contributed by atoms with van der Waals surface area (Å²) in [4.78, 5) is 28.3. The van der Waals surface area contributed by atoms with Crippen molar-refractivity contribution < 1.29 is 14.3 Å². The largest absolute Gasteiger partial charge is 0.455 e. The molecule has 0 fully saturated rings. The number of amides is 1. The van der Waals surface area contributed by atoms with Gasteiger partial charge in [0.1, 0.15) is 0 Å². The Morgan fingerprint density at radius 2 is 1.82 bits per heavy atom. The summed E-state index contributed by atoms with van der Waals surface area (Å²) < 4.78 is 6.94. The Hall–Kier alpha value is -2.38. The van der Waals surface area contributed by atoms with Crippen LogP contribution in [0.15, 0.2) is 52.9 Å². The van der Waals surface area contributed by atoms with Gasteiger partial charge in [0.25, 0.3) is 5.91 Å². The van der Waals surface area contributed by atoms with Crippen molar-refractivity contribution in [2.45, 2.75) is 30.5 Å². The maximum absolute atomic E-state index is 12.0. The normalized spacial score (nSPS) is 11.4. The number of esters is 1. The molecule has 0 atom stereocenters. The van der Waals surface area contributed by atoms with Crippen molar-refractivity contribution in [3.05, 3.63) is 54.1 Å². The summed E-state index contributed by atoms with van der Waals surface area (Å²) in [6.45, 7) is 6.09. The molecule has 0 bridgehead atoms. The Morgan fingerprint density at radius 3 is 2.50 bits per heavy atom. The number of thioether (sulfide) groups is 1. The summed E-state index contributed by atoms with van der Waals surface area (Å²) in [5, 5.41) is 2.73. The van der Waals surface area contributed by atoms with E-state index in [9.17, 15) is 9.59 Å². The van der Waals surface area contributed by atoms with Gasteiger partial charge in [0.2, 0.25) is 0 Å². The third kappa shape index (κ3) is 5.56. The van der Waals surface area contributed by atoms with Gasteiger partial charge in [-0.3, -0.25) is 9.59 Å². The highest BCUT2D eigenvalue weighted by molar-refractivity contribution is 8.01. The topological polar surface area (TPSA) is 68.3 Å². The number of carbonyl (C=O) groups excluding carboxylic acids is 2. The first-order chi connectivity index (χ1) is 13.3. The minimum Gasteiger partial charge on any atom is -0.455 e. The molecule has 0 unspecified atom stereocenters. The van der Waals surface area contributed by atoms with Gasteiger partial charge in [0.15, 0.2) is 10.9 Å². The molecule has 0 radical (unpaired) electrons. The average Bonchev–Trinajstić information content (AvgIpc) is 3.07. The van der Waals surface area contributed by atoms with Crippen molar-refractivity contribution in [3.63, 3.8) is 0 Å². The SMILES string of the molecule is CC(C)(C)c1ccc(NC(=O)COC(=O)CSc2nc3ccccc3s2)cc1.